The molecule has 0 aliphatic carbocycles. The first kappa shape index (κ1) is 18.7. The summed E-state index contributed by atoms with van der Waals surface area (Å²) in [4.78, 5) is 31.4. The molecule has 1 amide bonds. The summed E-state index contributed by atoms with van der Waals surface area (Å²) >= 11 is 0. The highest BCUT2D eigenvalue weighted by Gasteiger charge is 2.27. The molecule has 0 radical (unpaired) electrons. The highest BCUT2D eigenvalue weighted by molar-refractivity contribution is 6.45. The zero-order valence-corrected chi connectivity index (χ0v) is 16.3. The van der Waals surface area contributed by atoms with Gasteiger partial charge in [0.15, 0.2) is 0 Å². The lowest BCUT2D eigenvalue weighted by atomic mass is 10.0. The van der Waals surface area contributed by atoms with Gasteiger partial charge in [0.2, 0.25) is 0 Å². The van der Waals surface area contributed by atoms with E-state index in [2.05, 4.69) is 4.98 Å². The number of hydrogen-bond acceptors (Lipinski definition) is 2. The zero-order chi connectivity index (χ0) is 20.2. The number of carbonyl (C=O) groups excluding carboxylic acids is 2. The summed E-state index contributed by atoms with van der Waals surface area (Å²) in [5, 5.41) is 0.780. The summed E-state index contributed by atoms with van der Waals surface area (Å²) in [5.41, 5.74) is 4.00. The van der Waals surface area contributed by atoms with Crippen molar-refractivity contribution in [3.63, 3.8) is 0 Å². The monoisotopic (exact) mass is 382 g/mol. The molecule has 0 aliphatic heterocycles. The number of aryl methyl sites for hydroxylation is 1. The van der Waals surface area contributed by atoms with Crippen LogP contribution < -0.4 is 0 Å². The van der Waals surface area contributed by atoms with E-state index in [-0.39, 0.29) is 0 Å². The van der Waals surface area contributed by atoms with Crippen molar-refractivity contribution in [2.75, 3.05) is 0 Å². The lowest BCUT2D eigenvalue weighted by Crippen LogP contribution is -2.36. The molecule has 144 valence electrons. The number of para-hydroxylation sites is 1. The topological polar surface area (TPSA) is 53.2 Å². The maximum Gasteiger partial charge on any atom is 0.295 e. The van der Waals surface area contributed by atoms with Gasteiger partial charge in [0.25, 0.3) is 11.7 Å². The Balaban J connectivity index is 1.68. The van der Waals surface area contributed by atoms with Crippen LogP contribution >= 0.6 is 0 Å². The van der Waals surface area contributed by atoms with E-state index in [9.17, 15) is 9.59 Å². The van der Waals surface area contributed by atoms with Crippen molar-refractivity contribution >= 4 is 22.6 Å². The number of Topliss-reactive ketones (excluding diaryl/α,β-unsaturated/α-hetero) is 1. The quantitative estimate of drug-likeness (QED) is 0.381. The minimum Gasteiger partial charge on any atom is -0.358 e. The van der Waals surface area contributed by atoms with E-state index in [4.69, 9.17) is 0 Å². The molecule has 0 unspecified atom stereocenters. The van der Waals surface area contributed by atoms with Gasteiger partial charge in [-0.15, -0.1) is 0 Å². The summed E-state index contributed by atoms with van der Waals surface area (Å²) in [6.07, 6.45) is 0. The number of hydrogen-bond donors (Lipinski definition) is 1. The number of aromatic nitrogens is 1. The molecule has 3 aromatic carbocycles. The molecule has 0 bridgehead atoms. The number of H-pyrrole nitrogens is 1. The number of ketones is 1. The fourth-order valence-electron chi connectivity index (χ4n) is 3.63. The Hall–Kier alpha value is -3.66. The number of nitrogens with zero attached hydrogens (tertiary/aromatic N) is 1. The number of carbonyl (C=O) groups is 2. The van der Waals surface area contributed by atoms with Crippen LogP contribution in [0.5, 0.6) is 0 Å². The van der Waals surface area contributed by atoms with E-state index in [1.165, 1.54) is 0 Å². The summed E-state index contributed by atoms with van der Waals surface area (Å²) < 4.78 is 0. The molecule has 0 spiro atoms. The van der Waals surface area contributed by atoms with Crippen LogP contribution in [0, 0.1) is 6.92 Å². The molecule has 1 N–H and O–H groups in total. The van der Waals surface area contributed by atoms with Gasteiger partial charge in [-0.1, -0.05) is 78.9 Å². The second-order valence-corrected chi connectivity index (χ2v) is 7.13. The van der Waals surface area contributed by atoms with E-state index in [1.54, 1.807) is 4.90 Å². The average Bonchev–Trinajstić information content (AvgIpc) is 3.09. The molecule has 0 saturated heterocycles. The molecule has 4 nitrogen and oxygen atoms in total. The number of benzene rings is 3. The molecule has 4 aromatic rings. The SMILES string of the molecule is Cc1[nH]c2ccccc2c1C(=O)C(=O)N(Cc1ccccc1)Cc1ccccc1. The molecule has 4 rings (SSSR count). The average molecular weight is 382 g/mol. The second kappa shape index (κ2) is 8.15. The Labute approximate surface area is 169 Å². The van der Waals surface area contributed by atoms with Crippen LogP contribution in [0.15, 0.2) is 84.9 Å². The van der Waals surface area contributed by atoms with Gasteiger partial charge in [0.05, 0.1) is 5.56 Å². The molecule has 0 saturated carbocycles. The number of aromatic amines is 1. The zero-order valence-electron chi connectivity index (χ0n) is 16.3. The predicted octanol–water partition coefficient (Wildman–Crippen LogP) is 4.89. The standard InChI is InChI=1S/C25H22N2O2/c1-18-23(21-14-8-9-15-22(21)26-18)24(28)25(29)27(16-19-10-4-2-5-11-19)17-20-12-6-3-7-13-20/h2-15,26H,16-17H2,1H3. The number of nitrogens with one attached hydrogen (secondary N) is 1. The summed E-state index contributed by atoms with van der Waals surface area (Å²) in [6.45, 7) is 2.59. The summed E-state index contributed by atoms with van der Waals surface area (Å²) in [6, 6.07) is 27.1. The molecule has 1 heterocycles. The largest absolute Gasteiger partial charge is 0.358 e. The van der Waals surface area contributed by atoms with Crippen LogP contribution in [0.3, 0.4) is 0 Å². The van der Waals surface area contributed by atoms with E-state index in [0.717, 1.165) is 22.0 Å². The fourth-order valence-corrected chi connectivity index (χ4v) is 3.63. The third kappa shape index (κ3) is 3.97. The Morgan fingerprint density at radius 1 is 0.759 bits per heavy atom. The molecular formula is C25H22N2O2. The first-order valence-electron chi connectivity index (χ1n) is 9.62. The van der Waals surface area contributed by atoms with Crippen molar-refractivity contribution in [3.8, 4) is 0 Å². The Morgan fingerprint density at radius 3 is 1.86 bits per heavy atom. The third-order valence-corrected chi connectivity index (χ3v) is 5.03. The third-order valence-electron chi connectivity index (χ3n) is 5.03. The minimum atomic E-state index is -0.495. The van der Waals surface area contributed by atoms with Crippen LogP contribution in [0.1, 0.15) is 27.2 Å². The number of fused-ring (bicyclic) bond motifs is 1. The Morgan fingerprint density at radius 2 is 1.28 bits per heavy atom. The number of amides is 1. The van der Waals surface area contributed by atoms with Crippen molar-refractivity contribution in [1.82, 2.24) is 9.88 Å². The van der Waals surface area contributed by atoms with Gasteiger partial charge < -0.3 is 9.88 Å². The van der Waals surface area contributed by atoms with E-state index in [0.29, 0.717) is 24.3 Å². The highest BCUT2D eigenvalue weighted by atomic mass is 16.2. The molecule has 0 fully saturated rings. The van der Waals surface area contributed by atoms with Crippen molar-refractivity contribution in [1.29, 1.82) is 0 Å². The van der Waals surface area contributed by atoms with Crippen molar-refractivity contribution in [3.05, 3.63) is 107 Å². The molecular weight excluding hydrogens is 360 g/mol. The summed E-state index contributed by atoms with van der Waals surface area (Å²) in [5.74, 6) is -0.975. The van der Waals surface area contributed by atoms with Crippen LogP contribution in [-0.4, -0.2) is 21.6 Å². The predicted molar refractivity (Wildman–Crippen MR) is 115 cm³/mol. The maximum absolute atomic E-state index is 13.3. The highest BCUT2D eigenvalue weighted by Crippen LogP contribution is 2.23. The fraction of sp³-hybridized carbons (Fsp3) is 0.120. The lowest BCUT2D eigenvalue weighted by molar-refractivity contribution is -0.127. The van der Waals surface area contributed by atoms with E-state index >= 15 is 0 Å². The van der Waals surface area contributed by atoms with Gasteiger partial charge in [-0.3, -0.25) is 9.59 Å². The molecule has 0 atom stereocenters. The lowest BCUT2D eigenvalue weighted by Gasteiger charge is -2.22. The van der Waals surface area contributed by atoms with Gasteiger partial charge in [0.1, 0.15) is 0 Å². The van der Waals surface area contributed by atoms with E-state index in [1.807, 2.05) is 91.9 Å². The minimum absolute atomic E-state index is 0.377. The summed E-state index contributed by atoms with van der Waals surface area (Å²) in [7, 11) is 0. The van der Waals surface area contributed by atoms with Gasteiger partial charge >= 0.3 is 0 Å². The maximum atomic E-state index is 13.3. The van der Waals surface area contributed by atoms with E-state index < -0.39 is 11.7 Å². The number of rotatable bonds is 6. The van der Waals surface area contributed by atoms with Crippen molar-refractivity contribution in [2.45, 2.75) is 20.0 Å². The second-order valence-electron chi connectivity index (χ2n) is 7.13. The van der Waals surface area contributed by atoms with Crippen molar-refractivity contribution < 1.29 is 9.59 Å². The Kier molecular flexibility index (Phi) is 5.25. The molecule has 0 aliphatic rings. The van der Waals surface area contributed by atoms with Crippen LogP contribution in [0.4, 0.5) is 0 Å². The molecule has 29 heavy (non-hydrogen) atoms. The van der Waals surface area contributed by atoms with Gasteiger partial charge in [0, 0.05) is 29.7 Å². The molecule has 4 heteroatoms. The first-order valence-corrected chi connectivity index (χ1v) is 9.62. The van der Waals surface area contributed by atoms with Gasteiger partial charge in [-0.25, -0.2) is 0 Å². The molecule has 1 aromatic heterocycles. The van der Waals surface area contributed by atoms with Gasteiger partial charge in [-0.05, 0) is 24.1 Å². The normalized spacial score (nSPS) is 10.8. The van der Waals surface area contributed by atoms with Crippen LogP contribution in [-0.2, 0) is 17.9 Å². The van der Waals surface area contributed by atoms with Crippen LogP contribution in [0.2, 0.25) is 0 Å². The van der Waals surface area contributed by atoms with Gasteiger partial charge in [-0.2, -0.15) is 0 Å². The van der Waals surface area contributed by atoms with Crippen molar-refractivity contribution in [2.24, 2.45) is 0 Å². The van der Waals surface area contributed by atoms with Crippen LogP contribution in [0.25, 0.3) is 10.9 Å². The first-order chi connectivity index (χ1) is 14.1. The smallest absolute Gasteiger partial charge is 0.295 e. The Bertz CT molecular complexity index is 1110.